The monoisotopic (exact) mass is 376 g/mol. The summed E-state index contributed by atoms with van der Waals surface area (Å²) in [5.41, 5.74) is -1.49. The van der Waals surface area contributed by atoms with Crippen molar-refractivity contribution in [2.75, 3.05) is 6.54 Å². The average molecular weight is 376 g/mol. The number of sulfonamides is 1. The van der Waals surface area contributed by atoms with E-state index in [0.717, 1.165) is 12.5 Å². The Balaban J connectivity index is 1.75. The lowest BCUT2D eigenvalue weighted by Gasteiger charge is -2.24. The van der Waals surface area contributed by atoms with Crippen molar-refractivity contribution < 1.29 is 26.4 Å². The molecule has 1 aromatic rings. The van der Waals surface area contributed by atoms with Crippen LogP contribution in [-0.4, -0.2) is 36.0 Å². The summed E-state index contributed by atoms with van der Waals surface area (Å²) in [5, 5.41) is 1.13. The van der Waals surface area contributed by atoms with Crippen LogP contribution in [0.5, 0.6) is 0 Å². The molecule has 0 radical (unpaired) electrons. The molecule has 138 valence electrons. The number of carbonyl (C=O) groups excluding carboxylic acids is 1. The molecule has 0 saturated carbocycles. The van der Waals surface area contributed by atoms with E-state index < -0.39 is 38.5 Å². The molecule has 2 atom stereocenters. The standard InChI is InChI=1S/C16H19F3N2O3S/c1-15-7-4-8-21(15)25(23,24)13(9-15)14(22)20-10-11-5-2-3-6-12(11)16(17,18)19/h2-3,5-6,13H,4,7-10H2,1H3,(H,20,22). The first-order valence-corrected chi connectivity index (χ1v) is 9.50. The number of hydrogen-bond acceptors (Lipinski definition) is 3. The second-order valence-corrected chi connectivity index (χ2v) is 8.82. The van der Waals surface area contributed by atoms with Crippen LogP contribution in [0.4, 0.5) is 13.2 Å². The van der Waals surface area contributed by atoms with Crippen molar-refractivity contribution in [3.05, 3.63) is 35.4 Å². The fourth-order valence-electron chi connectivity index (χ4n) is 3.77. The molecule has 2 unspecified atom stereocenters. The maximum Gasteiger partial charge on any atom is 0.416 e. The zero-order valence-electron chi connectivity index (χ0n) is 13.6. The number of nitrogens with one attached hydrogen (secondary N) is 1. The lowest BCUT2D eigenvalue weighted by molar-refractivity contribution is -0.138. The summed E-state index contributed by atoms with van der Waals surface area (Å²) < 4.78 is 65.4. The number of nitrogens with zero attached hydrogens (tertiary/aromatic N) is 1. The molecule has 5 nitrogen and oxygen atoms in total. The minimum atomic E-state index is -4.53. The summed E-state index contributed by atoms with van der Waals surface area (Å²) in [6.45, 7) is 1.83. The van der Waals surface area contributed by atoms with Gasteiger partial charge in [0.2, 0.25) is 15.9 Å². The number of hydrogen-bond donors (Lipinski definition) is 1. The molecular weight excluding hydrogens is 357 g/mol. The Morgan fingerprint density at radius 1 is 1.36 bits per heavy atom. The molecule has 0 aliphatic carbocycles. The highest BCUT2D eigenvalue weighted by Crippen LogP contribution is 2.44. The van der Waals surface area contributed by atoms with Crippen molar-refractivity contribution in [3.8, 4) is 0 Å². The van der Waals surface area contributed by atoms with Gasteiger partial charge in [-0.2, -0.15) is 17.5 Å². The minimum absolute atomic E-state index is 0.0922. The summed E-state index contributed by atoms with van der Waals surface area (Å²) >= 11 is 0. The van der Waals surface area contributed by atoms with Crippen LogP contribution in [0.3, 0.4) is 0 Å². The Hall–Kier alpha value is -1.61. The Kier molecular flexibility index (Phi) is 4.35. The quantitative estimate of drug-likeness (QED) is 0.880. The SMILES string of the molecule is CC12CCCN1S(=O)(=O)C(C(=O)NCc1ccccc1C(F)(F)F)C2. The molecular formula is C16H19F3N2O3S. The number of halogens is 3. The lowest BCUT2D eigenvalue weighted by Crippen LogP contribution is -2.41. The molecule has 3 rings (SSSR count). The van der Waals surface area contributed by atoms with Crippen LogP contribution < -0.4 is 5.32 Å². The Bertz CT molecular complexity index is 794. The summed E-state index contributed by atoms with van der Waals surface area (Å²) in [4.78, 5) is 12.4. The topological polar surface area (TPSA) is 66.5 Å². The van der Waals surface area contributed by atoms with Crippen molar-refractivity contribution in [1.82, 2.24) is 9.62 Å². The van der Waals surface area contributed by atoms with E-state index in [9.17, 15) is 26.4 Å². The third-order valence-electron chi connectivity index (χ3n) is 5.04. The van der Waals surface area contributed by atoms with Crippen molar-refractivity contribution in [3.63, 3.8) is 0 Å². The first kappa shape index (κ1) is 18.2. The summed E-state index contributed by atoms with van der Waals surface area (Å²) in [7, 11) is -3.77. The third kappa shape index (κ3) is 3.15. The van der Waals surface area contributed by atoms with E-state index in [0.29, 0.717) is 13.0 Å². The molecule has 1 amide bonds. The predicted octanol–water partition coefficient (Wildman–Crippen LogP) is 2.28. The highest BCUT2D eigenvalue weighted by atomic mass is 32.2. The van der Waals surface area contributed by atoms with E-state index >= 15 is 0 Å². The van der Waals surface area contributed by atoms with Crippen LogP contribution in [0.15, 0.2) is 24.3 Å². The number of carbonyl (C=O) groups is 1. The molecule has 2 saturated heterocycles. The number of rotatable bonds is 3. The lowest BCUT2D eigenvalue weighted by atomic mass is 9.94. The Labute approximate surface area is 144 Å². The van der Waals surface area contributed by atoms with Gasteiger partial charge in [0.05, 0.1) is 5.56 Å². The van der Waals surface area contributed by atoms with Gasteiger partial charge in [0.25, 0.3) is 0 Å². The van der Waals surface area contributed by atoms with E-state index in [2.05, 4.69) is 5.32 Å². The van der Waals surface area contributed by atoms with Gasteiger partial charge in [-0.3, -0.25) is 4.79 Å². The molecule has 1 aromatic carbocycles. The van der Waals surface area contributed by atoms with Crippen molar-refractivity contribution >= 4 is 15.9 Å². The van der Waals surface area contributed by atoms with Gasteiger partial charge in [0.15, 0.2) is 5.25 Å². The number of amides is 1. The highest BCUT2D eigenvalue weighted by molar-refractivity contribution is 7.90. The minimum Gasteiger partial charge on any atom is -0.351 e. The maximum absolute atomic E-state index is 13.0. The molecule has 0 aromatic heterocycles. The van der Waals surface area contributed by atoms with Crippen LogP contribution in [0.25, 0.3) is 0 Å². The number of benzene rings is 1. The largest absolute Gasteiger partial charge is 0.416 e. The smallest absolute Gasteiger partial charge is 0.351 e. The fourth-order valence-corrected chi connectivity index (χ4v) is 6.16. The van der Waals surface area contributed by atoms with E-state index in [4.69, 9.17) is 0 Å². The number of alkyl halides is 3. The molecule has 2 heterocycles. The zero-order valence-corrected chi connectivity index (χ0v) is 14.5. The van der Waals surface area contributed by atoms with Gasteiger partial charge in [-0.1, -0.05) is 18.2 Å². The van der Waals surface area contributed by atoms with E-state index in [1.165, 1.54) is 22.5 Å². The van der Waals surface area contributed by atoms with Crippen molar-refractivity contribution in [2.24, 2.45) is 0 Å². The molecule has 9 heteroatoms. The Morgan fingerprint density at radius 3 is 2.68 bits per heavy atom. The molecule has 25 heavy (non-hydrogen) atoms. The van der Waals surface area contributed by atoms with Gasteiger partial charge in [-0.05, 0) is 37.8 Å². The zero-order chi connectivity index (χ0) is 18.5. The normalized spacial score (nSPS) is 28.7. The first-order chi connectivity index (χ1) is 11.6. The van der Waals surface area contributed by atoms with Crippen LogP contribution in [0.2, 0.25) is 0 Å². The van der Waals surface area contributed by atoms with Crippen LogP contribution in [0, 0.1) is 0 Å². The molecule has 0 spiro atoms. The van der Waals surface area contributed by atoms with E-state index in [-0.39, 0.29) is 18.5 Å². The van der Waals surface area contributed by atoms with Crippen LogP contribution in [0.1, 0.15) is 37.3 Å². The van der Waals surface area contributed by atoms with E-state index in [1.54, 1.807) is 0 Å². The Morgan fingerprint density at radius 2 is 2.04 bits per heavy atom. The van der Waals surface area contributed by atoms with Gasteiger partial charge < -0.3 is 5.32 Å². The van der Waals surface area contributed by atoms with Crippen molar-refractivity contribution in [1.29, 1.82) is 0 Å². The second kappa shape index (κ2) is 5.98. The van der Waals surface area contributed by atoms with E-state index in [1.807, 2.05) is 6.92 Å². The molecule has 2 fully saturated rings. The third-order valence-corrected chi connectivity index (χ3v) is 7.38. The van der Waals surface area contributed by atoms with Crippen LogP contribution in [-0.2, 0) is 27.5 Å². The van der Waals surface area contributed by atoms with Crippen LogP contribution >= 0.6 is 0 Å². The fraction of sp³-hybridized carbons (Fsp3) is 0.562. The molecule has 2 aliphatic heterocycles. The number of fused-ring (bicyclic) bond motifs is 1. The average Bonchev–Trinajstić information content (AvgIpc) is 3.00. The summed E-state index contributed by atoms with van der Waals surface area (Å²) in [5.74, 6) is -0.743. The molecule has 1 N–H and O–H groups in total. The van der Waals surface area contributed by atoms with Crippen molar-refractivity contribution in [2.45, 2.75) is 49.7 Å². The van der Waals surface area contributed by atoms with Gasteiger partial charge in [0, 0.05) is 18.6 Å². The highest BCUT2D eigenvalue weighted by Gasteiger charge is 2.57. The maximum atomic E-state index is 13.0. The van der Waals surface area contributed by atoms with Gasteiger partial charge >= 0.3 is 6.18 Å². The second-order valence-electron chi connectivity index (χ2n) is 6.78. The van der Waals surface area contributed by atoms with Gasteiger partial charge in [-0.15, -0.1) is 0 Å². The molecule has 0 bridgehead atoms. The predicted molar refractivity (Wildman–Crippen MR) is 85.0 cm³/mol. The summed E-state index contributed by atoms with van der Waals surface area (Å²) in [6.07, 6.45) is -2.92. The summed E-state index contributed by atoms with van der Waals surface area (Å²) in [6, 6.07) is 4.92. The first-order valence-electron chi connectivity index (χ1n) is 8.00. The van der Waals surface area contributed by atoms with Gasteiger partial charge in [-0.25, -0.2) is 8.42 Å². The molecule has 2 aliphatic rings. The van der Waals surface area contributed by atoms with Gasteiger partial charge in [0.1, 0.15) is 0 Å².